The molecule has 0 unspecified atom stereocenters. The van der Waals surface area contributed by atoms with Gasteiger partial charge in [-0.05, 0) is 39.9 Å². The van der Waals surface area contributed by atoms with Crippen LogP contribution in [0.25, 0.3) is 10.8 Å². The maximum absolute atomic E-state index is 11.0. The summed E-state index contributed by atoms with van der Waals surface area (Å²) in [6.45, 7) is 4.10. The molecule has 0 radical (unpaired) electrons. The molecule has 0 saturated carbocycles. The second kappa shape index (κ2) is 4.78. The number of aliphatic hydroxyl groups is 1. The molecule has 0 aliphatic heterocycles. The van der Waals surface area contributed by atoms with Crippen molar-refractivity contribution >= 4 is 16.7 Å². The van der Waals surface area contributed by atoms with Crippen molar-refractivity contribution in [3.8, 4) is 0 Å². The highest BCUT2D eigenvalue weighted by Crippen LogP contribution is 2.29. The highest BCUT2D eigenvalue weighted by atomic mass is 16.4. The minimum atomic E-state index is -0.930. The standard InChI is InChI=1S/C15H16O3/c1-9(2)12-5-4-11(8-16)13-6-3-10(15(17)18)7-14(12)13/h3-7,9,16H,8H2,1-2H3,(H,17,18). The van der Waals surface area contributed by atoms with Crippen molar-refractivity contribution in [1.29, 1.82) is 0 Å². The molecule has 0 aliphatic rings. The fourth-order valence-corrected chi connectivity index (χ4v) is 2.21. The third-order valence-corrected chi connectivity index (χ3v) is 3.18. The summed E-state index contributed by atoms with van der Waals surface area (Å²) in [5.41, 5.74) is 2.20. The molecule has 0 aromatic heterocycles. The van der Waals surface area contributed by atoms with E-state index < -0.39 is 5.97 Å². The molecule has 2 aromatic carbocycles. The number of fused-ring (bicyclic) bond motifs is 1. The topological polar surface area (TPSA) is 57.5 Å². The summed E-state index contributed by atoms with van der Waals surface area (Å²) in [5.74, 6) is -0.620. The maximum Gasteiger partial charge on any atom is 0.335 e. The third-order valence-electron chi connectivity index (χ3n) is 3.18. The number of carbonyl (C=O) groups is 1. The molecule has 2 aromatic rings. The van der Waals surface area contributed by atoms with E-state index in [-0.39, 0.29) is 12.2 Å². The Morgan fingerprint density at radius 1 is 1.17 bits per heavy atom. The third kappa shape index (κ3) is 2.09. The lowest BCUT2D eigenvalue weighted by Gasteiger charge is -2.13. The summed E-state index contributed by atoms with van der Waals surface area (Å²) in [4.78, 5) is 11.0. The summed E-state index contributed by atoms with van der Waals surface area (Å²) < 4.78 is 0. The van der Waals surface area contributed by atoms with E-state index in [2.05, 4.69) is 13.8 Å². The second-order valence-corrected chi connectivity index (χ2v) is 4.69. The largest absolute Gasteiger partial charge is 0.478 e. The first kappa shape index (κ1) is 12.6. The predicted molar refractivity (Wildman–Crippen MR) is 70.9 cm³/mol. The zero-order valence-electron chi connectivity index (χ0n) is 10.5. The van der Waals surface area contributed by atoms with Crippen LogP contribution in [0.15, 0.2) is 30.3 Å². The molecule has 18 heavy (non-hydrogen) atoms. The normalized spacial score (nSPS) is 11.1. The fraction of sp³-hybridized carbons (Fsp3) is 0.267. The predicted octanol–water partition coefficient (Wildman–Crippen LogP) is 3.15. The van der Waals surface area contributed by atoms with Gasteiger partial charge in [0.25, 0.3) is 0 Å². The van der Waals surface area contributed by atoms with E-state index in [1.165, 1.54) is 0 Å². The summed E-state index contributed by atoms with van der Waals surface area (Å²) in [6, 6.07) is 8.90. The summed E-state index contributed by atoms with van der Waals surface area (Å²) in [6.07, 6.45) is 0. The Hall–Kier alpha value is -1.87. The van der Waals surface area contributed by atoms with E-state index in [0.717, 1.165) is 21.9 Å². The van der Waals surface area contributed by atoms with Crippen molar-refractivity contribution in [1.82, 2.24) is 0 Å². The lowest BCUT2D eigenvalue weighted by Crippen LogP contribution is -1.99. The van der Waals surface area contributed by atoms with Crippen molar-refractivity contribution < 1.29 is 15.0 Å². The fourth-order valence-electron chi connectivity index (χ4n) is 2.21. The Morgan fingerprint density at radius 2 is 1.89 bits per heavy atom. The number of aliphatic hydroxyl groups excluding tert-OH is 1. The van der Waals surface area contributed by atoms with Gasteiger partial charge in [0.15, 0.2) is 0 Å². The summed E-state index contributed by atoms with van der Waals surface area (Å²) in [5, 5.41) is 20.2. The van der Waals surface area contributed by atoms with Gasteiger partial charge < -0.3 is 10.2 Å². The van der Waals surface area contributed by atoms with Gasteiger partial charge in [-0.3, -0.25) is 0 Å². The van der Waals surface area contributed by atoms with Gasteiger partial charge in [0, 0.05) is 0 Å². The minimum absolute atomic E-state index is 0.0404. The van der Waals surface area contributed by atoms with Gasteiger partial charge in [0.2, 0.25) is 0 Å². The SMILES string of the molecule is CC(C)c1ccc(CO)c2ccc(C(=O)O)cc12. The van der Waals surface area contributed by atoms with Gasteiger partial charge in [0.1, 0.15) is 0 Å². The molecule has 3 heteroatoms. The number of hydrogen-bond acceptors (Lipinski definition) is 2. The molecule has 0 spiro atoms. The molecular formula is C15H16O3. The molecule has 3 nitrogen and oxygen atoms in total. The van der Waals surface area contributed by atoms with Crippen LogP contribution in [0.2, 0.25) is 0 Å². The summed E-state index contributed by atoms with van der Waals surface area (Å²) >= 11 is 0. The molecule has 94 valence electrons. The number of carboxylic acids is 1. The monoisotopic (exact) mass is 244 g/mol. The quantitative estimate of drug-likeness (QED) is 0.872. The average molecular weight is 244 g/mol. The van der Waals surface area contributed by atoms with E-state index in [4.69, 9.17) is 5.11 Å². The molecule has 0 heterocycles. The van der Waals surface area contributed by atoms with Crippen molar-refractivity contribution in [3.63, 3.8) is 0 Å². The second-order valence-electron chi connectivity index (χ2n) is 4.69. The number of carboxylic acid groups (broad SMARTS) is 1. The van der Waals surface area contributed by atoms with Gasteiger partial charge in [-0.1, -0.05) is 32.0 Å². The van der Waals surface area contributed by atoms with Crippen LogP contribution in [0.4, 0.5) is 0 Å². The van der Waals surface area contributed by atoms with Gasteiger partial charge in [-0.2, -0.15) is 0 Å². The van der Waals surface area contributed by atoms with E-state index >= 15 is 0 Å². The van der Waals surface area contributed by atoms with Crippen LogP contribution >= 0.6 is 0 Å². The van der Waals surface area contributed by atoms with Crippen LogP contribution in [-0.4, -0.2) is 16.2 Å². The molecule has 0 aliphatic carbocycles. The highest BCUT2D eigenvalue weighted by molar-refractivity contribution is 5.97. The minimum Gasteiger partial charge on any atom is -0.478 e. The Balaban J connectivity index is 2.79. The van der Waals surface area contributed by atoms with Gasteiger partial charge >= 0.3 is 5.97 Å². The molecule has 0 saturated heterocycles. The first-order valence-electron chi connectivity index (χ1n) is 5.94. The van der Waals surface area contributed by atoms with Crippen LogP contribution in [0.3, 0.4) is 0 Å². The first-order chi connectivity index (χ1) is 8.54. The Labute approximate surface area is 106 Å². The van der Waals surface area contributed by atoms with Crippen LogP contribution in [0.1, 0.15) is 41.3 Å². The van der Waals surface area contributed by atoms with Gasteiger partial charge in [0.05, 0.1) is 12.2 Å². The Morgan fingerprint density at radius 3 is 2.44 bits per heavy atom. The molecule has 0 bridgehead atoms. The molecular weight excluding hydrogens is 228 g/mol. The van der Waals surface area contributed by atoms with E-state index in [9.17, 15) is 9.90 Å². The van der Waals surface area contributed by atoms with Crippen LogP contribution in [0, 0.1) is 0 Å². The summed E-state index contributed by atoms with van der Waals surface area (Å²) in [7, 11) is 0. The zero-order valence-corrected chi connectivity index (χ0v) is 10.5. The Kier molecular flexibility index (Phi) is 3.34. The number of aromatic carboxylic acids is 1. The number of rotatable bonds is 3. The number of benzene rings is 2. The Bertz CT molecular complexity index is 600. The van der Waals surface area contributed by atoms with E-state index in [0.29, 0.717) is 5.92 Å². The molecule has 0 fully saturated rings. The van der Waals surface area contributed by atoms with Crippen molar-refractivity contribution in [3.05, 3.63) is 47.0 Å². The van der Waals surface area contributed by atoms with E-state index in [1.54, 1.807) is 18.2 Å². The molecule has 2 N–H and O–H groups in total. The lowest BCUT2D eigenvalue weighted by molar-refractivity contribution is 0.0697. The zero-order chi connectivity index (χ0) is 13.3. The van der Waals surface area contributed by atoms with Crippen LogP contribution in [0.5, 0.6) is 0 Å². The van der Waals surface area contributed by atoms with Gasteiger partial charge in [-0.15, -0.1) is 0 Å². The van der Waals surface area contributed by atoms with Crippen molar-refractivity contribution in [2.45, 2.75) is 26.4 Å². The van der Waals surface area contributed by atoms with Crippen LogP contribution in [-0.2, 0) is 6.61 Å². The van der Waals surface area contributed by atoms with Crippen LogP contribution < -0.4 is 0 Å². The van der Waals surface area contributed by atoms with Crippen molar-refractivity contribution in [2.24, 2.45) is 0 Å². The lowest BCUT2D eigenvalue weighted by atomic mass is 9.92. The van der Waals surface area contributed by atoms with E-state index in [1.807, 2.05) is 12.1 Å². The highest BCUT2D eigenvalue weighted by Gasteiger charge is 2.11. The van der Waals surface area contributed by atoms with Gasteiger partial charge in [-0.25, -0.2) is 4.79 Å². The molecule has 0 amide bonds. The van der Waals surface area contributed by atoms with Crippen molar-refractivity contribution in [2.75, 3.05) is 0 Å². The average Bonchev–Trinajstić information content (AvgIpc) is 2.36. The maximum atomic E-state index is 11.0. The molecule has 0 atom stereocenters. The first-order valence-corrected chi connectivity index (χ1v) is 5.94. The smallest absolute Gasteiger partial charge is 0.335 e. The molecule has 2 rings (SSSR count). The number of hydrogen-bond donors (Lipinski definition) is 2.